The van der Waals surface area contributed by atoms with Gasteiger partial charge >= 0.3 is 0 Å². The van der Waals surface area contributed by atoms with E-state index in [-0.39, 0.29) is 5.43 Å². The van der Waals surface area contributed by atoms with Gasteiger partial charge in [0.2, 0.25) is 0 Å². The molecule has 0 aromatic carbocycles. The number of aryl methyl sites for hydroxylation is 2. The second-order valence-electron chi connectivity index (χ2n) is 2.04. The third-order valence-electron chi connectivity index (χ3n) is 1.14. The smallest absolute Gasteiger partial charge is 0.187 e. The van der Waals surface area contributed by atoms with Crippen molar-refractivity contribution >= 4 is 0 Å². The molecule has 0 atom stereocenters. The van der Waals surface area contributed by atoms with Gasteiger partial charge in [0.1, 0.15) is 5.76 Å². The summed E-state index contributed by atoms with van der Waals surface area (Å²) in [7, 11) is 0. The standard InChI is InChI=1S/C7H8O2/c1-5-4-9-6(2)3-7(5)8/h3-4H,1-2H3. The first kappa shape index (κ1) is 6.08. The molecule has 0 bridgehead atoms. The average molecular weight is 124 g/mol. The lowest BCUT2D eigenvalue weighted by molar-refractivity contribution is 0.510. The summed E-state index contributed by atoms with van der Waals surface area (Å²) in [6, 6.07) is 1.48. The van der Waals surface area contributed by atoms with Gasteiger partial charge in [-0.3, -0.25) is 4.79 Å². The molecule has 1 aromatic heterocycles. The minimum atomic E-state index is 0.0405. The Morgan fingerprint density at radius 1 is 1.44 bits per heavy atom. The van der Waals surface area contributed by atoms with Gasteiger partial charge in [-0.1, -0.05) is 0 Å². The van der Waals surface area contributed by atoms with Gasteiger partial charge in [-0.25, -0.2) is 0 Å². The van der Waals surface area contributed by atoms with E-state index in [0.29, 0.717) is 11.3 Å². The van der Waals surface area contributed by atoms with Crippen molar-refractivity contribution in [3.05, 3.63) is 33.9 Å². The molecule has 0 unspecified atom stereocenters. The van der Waals surface area contributed by atoms with Gasteiger partial charge in [0, 0.05) is 11.6 Å². The molecule has 9 heavy (non-hydrogen) atoms. The van der Waals surface area contributed by atoms with Gasteiger partial charge < -0.3 is 4.42 Å². The van der Waals surface area contributed by atoms with Crippen LogP contribution < -0.4 is 5.43 Å². The molecule has 0 fully saturated rings. The second kappa shape index (κ2) is 2.05. The lowest BCUT2D eigenvalue weighted by atomic mass is 10.3. The van der Waals surface area contributed by atoms with Gasteiger partial charge in [0.05, 0.1) is 6.26 Å². The molecular formula is C7H8O2. The van der Waals surface area contributed by atoms with Crippen molar-refractivity contribution in [2.24, 2.45) is 0 Å². The molecule has 0 radical (unpaired) electrons. The van der Waals surface area contributed by atoms with Crippen molar-refractivity contribution in [1.82, 2.24) is 0 Å². The molecule has 0 amide bonds. The maximum atomic E-state index is 10.8. The third-order valence-corrected chi connectivity index (χ3v) is 1.14. The third kappa shape index (κ3) is 1.19. The Morgan fingerprint density at radius 3 is 2.56 bits per heavy atom. The normalized spacial score (nSPS) is 9.56. The molecule has 0 spiro atoms. The SMILES string of the molecule is Cc1cc(=O)c(C)co1. The fraction of sp³-hybridized carbons (Fsp3) is 0.286. The Hall–Kier alpha value is -1.05. The Kier molecular flexibility index (Phi) is 1.39. The van der Waals surface area contributed by atoms with E-state index < -0.39 is 0 Å². The van der Waals surface area contributed by atoms with Gasteiger partial charge in [0.15, 0.2) is 5.43 Å². The Bertz CT molecular complexity index is 260. The van der Waals surface area contributed by atoms with Crippen LogP contribution in [0.4, 0.5) is 0 Å². The molecule has 1 rings (SSSR count). The second-order valence-corrected chi connectivity index (χ2v) is 2.04. The fourth-order valence-electron chi connectivity index (χ4n) is 0.572. The Morgan fingerprint density at radius 2 is 2.11 bits per heavy atom. The summed E-state index contributed by atoms with van der Waals surface area (Å²) in [6.45, 7) is 3.48. The molecule has 2 heteroatoms. The van der Waals surface area contributed by atoms with E-state index in [1.54, 1.807) is 13.8 Å². The maximum absolute atomic E-state index is 10.8. The molecular weight excluding hydrogens is 116 g/mol. The van der Waals surface area contributed by atoms with Crippen LogP contribution in [0, 0.1) is 13.8 Å². The van der Waals surface area contributed by atoms with Gasteiger partial charge in [0.25, 0.3) is 0 Å². The maximum Gasteiger partial charge on any atom is 0.187 e. The van der Waals surface area contributed by atoms with Crippen LogP contribution in [0.5, 0.6) is 0 Å². The van der Waals surface area contributed by atoms with Crippen LogP contribution in [0.25, 0.3) is 0 Å². The van der Waals surface area contributed by atoms with Gasteiger partial charge in [-0.05, 0) is 13.8 Å². The molecule has 1 heterocycles. The molecule has 2 nitrogen and oxygen atoms in total. The predicted molar refractivity (Wildman–Crippen MR) is 34.5 cm³/mol. The Labute approximate surface area is 53.1 Å². The summed E-state index contributed by atoms with van der Waals surface area (Å²) in [5, 5.41) is 0. The monoisotopic (exact) mass is 124 g/mol. The van der Waals surface area contributed by atoms with E-state index >= 15 is 0 Å². The highest BCUT2D eigenvalue weighted by atomic mass is 16.3. The molecule has 0 aliphatic heterocycles. The quantitative estimate of drug-likeness (QED) is 0.521. The molecule has 1 aromatic rings. The summed E-state index contributed by atoms with van der Waals surface area (Å²) >= 11 is 0. The minimum Gasteiger partial charge on any atom is -0.469 e. The lowest BCUT2D eigenvalue weighted by Crippen LogP contribution is -2.01. The molecule has 0 aliphatic rings. The first-order valence-corrected chi connectivity index (χ1v) is 2.76. The first-order valence-electron chi connectivity index (χ1n) is 2.76. The molecule has 0 saturated carbocycles. The van der Waals surface area contributed by atoms with Crippen molar-refractivity contribution in [2.75, 3.05) is 0 Å². The average Bonchev–Trinajstić information content (AvgIpc) is 1.80. The number of rotatable bonds is 0. The lowest BCUT2D eigenvalue weighted by Gasteiger charge is -1.89. The van der Waals surface area contributed by atoms with E-state index in [4.69, 9.17) is 4.42 Å². The fourth-order valence-corrected chi connectivity index (χ4v) is 0.572. The van der Waals surface area contributed by atoms with Crippen LogP contribution in [0.1, 0.15) is 11.3 Å². The van der Waals surface area contributed by atoms with Crippen LogP contribution >= 0.6 is 0 Å². The van der Waals surface area contributed by atoms with Crippen molar-refractivity contribution in [2.45, 2.75) is 13.8 Å². The van der Waals surface area contributed by atoms with Crippen LogP contribution in [0.15, 0.2) is 21.5 Å². The molecule has 0 saturated heterocycles. The largest absolute Gasteiger partial charge is 0.469 e. The summed E-state index contributed by atoms with van der Waals surface area (Å²) in [6.07, 6.45) is 1.47. The summed E-state index contributed by atoms with van der Waals surface area (Å²) in [4.78, 5) is 10.8. The van der Waals surface area contributed by atoms with E-state index in [1.807, 2.05) is 0 Å². The molecule has 48 valence electrons. The highest BCUT2D eigenvalue weighted by Crippen LogP contribution is 1.93. The van der Waals surface area contributed by atoms with E-state index in [2.05, 4.69) is 0 Å². The number of hydrogen-bond acceptors (Lipinski definition) is 2. The van der Waals surface area contributed by atoms with Crippen LogP contribution in [0.2, 0.25) is 0 Å². The topological polar surface area (TPSA) is 30.2 Å². The van der Waals surface area contributed by atoms with E-state index in [1.165, 1.54) is 12.3 Å². The zero-order valence-corrected chi connectivity index (χ0v) is 5.47. The number of hydrogen-bond donors (Lipinski definition) is 0. The van der Waals surface area contributed by atoms with E-state index in [0.717, 1.165) is 0 Å². The molecule has 0 aliphatic carbocycles. The molecule has 0 N–H and O–H groups in total. The first-order chi connectivity index (χ1) is 4.20. The summed E-state index contributed by atoms with van der Waals surface area (Å²) in [5.41, 5.74) is 0.694. The summed E-state index contributed by atoms with van der Waals surface area (Å²) < 4.78 is 4.94. The van der Waals surface area contributed by atoms with Crippen LogP contribution in [-0.2, 0) is 0 Å². The van der Waals surface area contributed by atoms with Crippen molar-refractivity contribution in [3.63, 3.8) is 0 Å². The van der Waals surface area contributed by atoms with Crippen molar-refractivity contribution < 1.29 is 4.42 Å². The Balaban J connectivity index is 3.34. The van der Waals surface area contributed by atoms with Crippen molar-refractivity contribution in [1.29, 1.82) is 0 Å². The summed E-state index contributed by atoms with van der Waals surface area (Å²) in [5.74, 6) is 0.658. The zero-order chi connectivity index (χ0) is 6.85. The van der Waals surface area contributed by atoms with Gasteiger partial charge in [-0.15, -0.1) is 0 Å². The minimum absolute atomic E-state index is 0.0405. The van der Waals surface area contributed by atoms with E-state index in [9.17, 15) is 4.79 Å². The van der Waals surface area contributed by atoms with Crippen LogP contribution in [0.3, 0.4) is 0 Å². The van der Waals surface area contributed by atoms with Crippen LogP contribution in [-0.4, -0.2) is 0 Å². The van der Waals surface area contributed by atoms with Crippen molar-refractivity contribution in [3.8, 4) is 0 Å². The van der Waals surface area contributed by atoms with Gasteiger partial charge in [-0.2, -0.15) is 0 Å². The predicted octanol–water partition coefficient (Wildman–Crippen LogP) is 1.26. The highest BCUT2D eigenvalue weighted by molar-refractivity contribution is 5.07. The highest BCUT2D eigenvalue weighted by Gasteiger charge is 1.91. The zero-order valence-electron chi connectivity index (χ0n) is 5.47.